The number of non-ortho nitro benzene ring substituents is 1. The Morgan fingerprint density at radius 3 is 2.12 bits per heavy atom. The van der Waals surface area contributed by atoms with Gasteiger partial charge in [0.05, 0.1) is 22.3 Å². The standard InChI is InChI=1S/C16H19N3O6S/c20-15(12-1-3-14(4-2-12)19(22)23)17-6-8-18(9-7-17)16(21)13-5-10-26(24,25)11-13/h1-4,13H,5-11H2/t13-/m1/s1. The van der Waals surface area contributed by atoms with Gasteiger partial charge in [0.15, 0.2) is 9.84 Å². The molecule has 9 nitrogen and oxygen atoms in total. The van der Waals surface area contributed by atoms with Crippen LogP contribution in [-0.4, -0.2) is 72.6 Å². The van der Waals surface area contributed by atoms with Crippen LogP contribution in [0.3, 0.4) is 0 Å². The van der Waals surface area contributed by atoms with E-state index in [0.29, 0.717) is 38.2 Å². The number of carbonyl (C=O) groups is 2. The number of piperazine rings is 1. The third-order valence-corrected chi connectivity index (χ3v) is 6.55. The molecule has 0 saturated carbocycles. The van der Waals surface area contributed by atoms with Crippen molar-refractivity contribution in [1.29, 1.82) is 0 Å². The molecule has 0 spiro atoms. The Hall–Kier alpha value is -2.49. The van der Waals surface area contributed by atoms with Gasteiger partial charge in [-0.1, -0.05) is 0 Å². The molecule has 2 aliphatic heterocycles. The quantitative estimate of drug-likeness (QED) is 0.549. The van der Waals surface area contributed by atoms with Gasteiger partial charge in [-0.05, 0) is 18.6 Å². The van der Waals surface area contributed by atoms with Crippen LogP contribution in [0.5, 0.6) is 0 Å². The van der Waals surface area contributed by atoms with E-state index < -0.39 is 20.7 Å². The summed E-state index contributed by atoms with van der Waals surface area (Å²) in [6.07, 6.45) is 0.364. The molecule has 10 heteroatoms. The maximum Gasteiger partial charge on any atom is 0.269 e. The first-order valence-corrected chi connectivity index (χ1v) is 10.1. The number of hydrogen-bond donors (Lipinski definition) is 0. The van der Waals surface area contributed by atoms with E-state index in [9.17, 15) is 28.1 Å². The summed E-state index contributed by atoms with van der Waals surface area (Å²) in [5.74, 6) is -0.906. The highest BCUT2D eigenvalue weighted by atomic mass is 32.2. The van der Waals surface area contributed by atoms with Crippen LogP contribution in [0.4, 0.5) is 5.69 Å². The van der Waals surface area contributed by atoms with Gasteiger partial charge in [-0.25, -0.2) is 8.42 Å². The van der Waals surface area contributed by atoms with Crippen LogP contribution in [0, 0.1) is 16.0 Å². The van der Waals surface area contributed by atoms with E-state index in [1.165, 1.54) is 24.3 Å². The van der Waals surface area contributed by atoms with Gasteiger partial charge in [0.2, 0.25) is 5.91 Å². The molecule has 0 aromatic heterocycles. The summed E-state index contributed by atoms with van der Waals surface area (Å²) in [6, 6.07) is 5.41. The summed E-state index contributed by atoms with van der Waals surface area (Å²) in [4.78, 5) is 38.3. The van der Waals surface area contributed by atoms with E-state index in [2.05, 4.69) is 0 Å². The summed E-state index contributed by atoms with van der Waals surface area (Å²) in [5.41, 5.74) is 0.278. The third-order valence-electron chi connectivity index (χ3n) is 4.79. The lowest BCUT2D eigenvalue weighted by Gasteiger charge is -2.35. The van der Waals surface area contributed by atoms with Crippen molar-refractivity contribution in [3.63, 3.8) is 0 Å². The highest BCUT2D eigenvalue weighted by Crippen LogP contribution is 2.22. The van der Waals surface area contributed by atoms with Gasteiger partial charge in [0.25, 0.3) is 11.6 Å². The minimum atomic E-state index is -3.11. The fraction of sp³-hybridized carbons (Fsp3) is 0.500. The Kier molecular flexibility index (Phi) is 4.94. The lowest BCUT2D eigenvalue weighted by molar-refractivity contribution is -0.384. The van der Waals surface area contributed by atoms with Crippen LogP contribution in [0.1, 0.15) is 16.8 Å². The maximum atomic E-state index is 12.5. The average molecular weight is 381 g/mol. The predicted octanol–water partition coefficient (Wildman–Crippen LogP) is 0.314. The molecule has 2 aliphatic rings. The number of amides is 2. The van der Waals surface area contributed by atoms with Crippen molar-refractivity contribution < 1.29 is 22.9 Å². The van der Waals surface area contributed by atoms with E-state index in [-0.39, 0.29) is 29.0 Å². The normalized spacial score (nSPS) is 22.2. The number of nitro benzene ring substituents is 1. The number of carbonyl (C=O) groups excluding carboxylic acids is 2. The molecule has 1 aromatic carbocycles. The highest BCUT2D eigenvalue weighted by Gasteiger charge is 2.36. The molecule has 2 fully saturated rings. The molecule has 0 unspecified atom stereocenters. The molecule has 2 saturated heterocycles. The zero-order valence-electron chi connectivity index (χ0n) is 14.0. The van der Waals surface area contributed by atoms with Crippen molar-refractivity contribution in [3.05, 3.63) is 39.9 Å². The SMILES string of the molecule is O=C(c1ccc([N+](=O)[O-])cc1)N1CCN(C(=O)[C@@H]2CCS(=O)(=O)C2)CC1. The van der Waals surface area contributed by atoms with E-state index in [4.69, 9.17) is 0 Å². The molecule has 26 heavy (non-hydrogen) atoms. The van der Waals surface area contributed by atoms with Crippen LogP contribution in [0.25, 0.3) is 0 Å². The average Bonchev–Trinajstić information content (AvgIpc) is 3.00. The summed E-state index contributed by atoms with van der Waals surface area (Å²) in [6.45, 7) is 1.41. The largest absolute Gasteiger partial charge is 0.339 e. The van der Waals surface area contributed by atoms with Gasteiger partial charge in [-0.3, -0.25) is 19.7 Å². The fourth-order valence-corrected chi connectivity index (χ4v) is 5.02. The van der Waals surface area contributed by atoms with Crippen molar-refractivity contribution in [3.8, 4) is 0 Å². The number of rotatable bonds is 3. The number of nitrogens with zero attached hydrogens (tertiary/aromatic N) is 3. The maximum absolute atomic E-state index is 12.5. The topological polar surface area (TPSA) is 118 Å². The highest BCUT2D eigenvalue weighted by molar-refractivity contribution is 7.91. The monoisotopic (exact) mass is 381 g/mol. The minimum Gasteiger partial charge on any atom is -0.339 e. The first-order valence-electron chi connectivity index (χ1n) is 8.30. The fourth-order valence-electron chi connectivity index (χ4n) is 3.29. The first kappa shape index (κ1) is 18.3. The van der Waals surface area contributed by atoms with Gasteiger partial charge in [0.1, 0.15) is 0 Å². The van der Waals surface area contributed by atoms with Crippen LogP contribution in [0.15, 0.2) is 24.3 Å². The van der Waals surface area contributed by atoms with Crippen molar-refractivity contribution in [2.24, 2.45) is 5.92 Å². The Morgan fingerprint density at radius 2 is 1.62 bits per heavy atom. The van der Waals surface area contributed by atoms with Gasteiger partial charge >= 0.3 is 0 Å². The summed E-state index contributed by atoms with van der Waals surface area (Å²) in [7, 11) is -3.11. The van der Waals surface area contributed by atoms with Crippen molar-refractivity contribution in [2.45, 2.75) is 6.42 Å². The van der Waals surface area contributed by atoms with E-state index in [1.807, 2.05) is 0 Å². The molecule has 1 atom stereocenters. The van der Waals surface area contributed by atoms with E-state index in [1.54, 1.807) is 9.80 Å². The summed E-state index contributed by atoms with van der Waals surface area (Å²) < 4.78 is 23.1. The van der Waals surface area contributed by atoms with Crippen LogP contribution in [-0.2, 0) is 14.6 Å². The number of hydrogen-bond acceptors (Lipinski definition) is 6. The van der Waals surface area contributed by atoms with Crippen molar-refractivity contribution in [2.75, 3.05) is 37.7 Å². The molecule has 0 radical (unpaired) electrons. The lowest BCUT2D eigenvalue weighted by atomic mass is 10.1. The third kappa shape index (κ3) is 3.85. The molecule has 1 aromatic rings. The predicted molar refractivity (Wildman–Crippen MR) is 92.3 cm³/mol. The number of nitro groups is 1. The number of benzene rings is 1. The minimum absolute atomic E-state index is 0.0575. The number of sulfone groups is 1. The van der Waals surface area contributed by atoms with Crippen molar-refractivity contribution in [1.82, 2.24) is 9.80 Å². The second-order valence-electron chi connectivity index (χ2n) is 6.52. The molecular weight excluding hydrogens is 362 g/mol. The summed E-state index contributed by atoms with van der Waals surface area (Å²) in [5, 5.41) is 10.7. The molecule has 0 aliphatic carbocycles. The Labute approximate surface area is 150 Å². The lowest BCUT2D eigenvalue weighted by Crippen LogP contribution is -2.52. The van der Waals surface area contributed by atoms with Crippen LogP contribution in [0.2, 0.25) is 0 Å². The first-order chi connectivity index (χ1) is 12.3. The van der Waals surface area contributed by atoms with Crippen LogP contribution < -0.4 is 0 Å². The zero-order valence-corrected chi connectivity index (χ0v) is 14.9. The Morgan fingerprint density at radius 1 is 1.04 bits per heavy atom. The van der Waals surface area contributed by atoms with E-state index in [0.717, 1.165) is 0 Å². The molecule has 3 rings (SSSR count). The Bertz CT molecular complexity index is 828. The second-order valence-corrected chi connectivity index (χ2v) is 8.75. The van der Waals surface area contributed by atoms with Crippen molar-refractivity contribution >= 4 is 27.3 Å². The van der Waals surface area contributed by atoms with Gasteiger partial charge in [-0.2, -0.15) is 0 Å². The van der Waals surface area contributed by atoms with Gasteiger partial charge < -0.3 is 9.80 Å². The van der Waals surface area contributed by atoms with Gasteiger partial charge in [0, 0.05) is 43.9 Å². The van der Waals surface area contributed by atoms with Crippen LogP contribution >= 0.6 is 0 Å². The molecule has 2 heterocycles. The molecule has 2 amide bonds. The molecule has 0 bridgehead atoms. The second kappa shape index (κ2) is 7.02. The van der Waals surface area contributed by atoms with Gasteiger partial charge in [-0.15, -0.1) is 0 Å². The zero-order chi connectivity index (χ0) is 18.9. The summed E-state index contributed by atoms with van der Waals surface area (Å²) >= 11 is 0. The van der Waals surface area contributed by atoms with E-state index >= 15 is 0 Å². The molecule has 0 N–H and O–H groups in total. The smallest absolute Gasteiger partial charge is 0.269 e. The molecular formula is C16H19N3O6S. The Balaban J connectivity index is 1.57. The molecule has 140 valence electrons.